The zero-order valence-electron chi connectivity index (χ0n) is 9.98. The highest BCUT2D eigenvalue weighted by Gasteiger charge is 2.04. The summed E-state index contributed by atoms with van der Waals surface area (Å²) < 4.78 is 17.9. The number of halogens is 1. The van der Waals surface area contributed by atoms with Crippen molar-refractivity contribution in [3.05, 3.63) is 65.0 Å². The van der Waals surface area contributed by atoms with Gasteiger partial charge in [0.15, 0.2) is 0 Å². The summed E-state index contributed by atoms with van der Waals surface area (Å²) in [5.74, 6) is 0.326. The largest absolute Gasteiger partial charge is 0.495 e. The molecule has 0 saturated heterocycles. The van der Waals surface area contributed by atoms with Crippen molar-refractivity contribution in [3.63, 3.8) is 0 Å². The lowest BCUT2D eigenvalue weighted by molar-refractivity contribution is 0.413. The van der Waals surface area contributed by atoms with Gasteiger partial charge in [0.05, 0.1) is 12.7 Å². The van der Waals surface area contributed by atoms with E-state index < -0.39 is 0 Å². The Hall–Kier alpha value is -2.34. The molecular formula is C15H12FNO. The van der Waals surface area contributed by atoms with Gasteiger partial charge >= 0.3 is 0 Å². The molecule has 0 atom stereocenters. The van der Waals surface area contributed by atoms with Crippen molar-refractivity contribution in [2.45, 2.75) is 6.42 Å². The molecule has 18 heavy (non-hydrogen) atoms. The van der Waals surface area contributed by atoms with Gasteiger partial charge in [-0.2, -0.15) is 5.26 Å². The first-order valence-corrected chi connectivity index (χ1v) is 5.54. The Kier molecular flexibility index (Phi) is 3.59. The lowest BCUT2D eigenvalue weighted by Crippen LogP contribution is -1.92. The van der Waals surface area contributed by atoms with Crippen molar-refractivity contribution in [2.24, 2.45) is 0 Å². The van der Waals surface area contributed by atoms with E-state index in [0.717, 1.165) is 11.1 Å². The SMILES string of the molecule is COc1ccc(Cc2ccc(F)cc2)cc1C#N. The second-order valence-corrected chi connectivity index (χ2v) is 3.95. The Morgan fingerprint density at radius 3 is 2.39 bits per heavy atom. The minimum Gasteiger partial charge on any atom is -0.495 e. The van der Waals surface area contributed by atoms with Crippen LogP contribution in [-0.4, -0.2) is 7.11 Å². The molecule has 2 rings (SSSR count). The molecule has 0 amide bonds. The number of benzene rings is 2. The lowest BCUT2D eigenvalue weighted by Gasteiger charge is -2.06. The maximum atomic E-state index is 12.8. The van der Waals surface area contributed by atoms with Gasteiger partial charge in [-0.05, 0) is 41.8 Å². The molecule has 0 aliphatic rings. The first kappa shape index (κ1) is 12.1. The van der Waals surface area contributed by atoms with Gasteiger partial charge in [0.2, 0.25) is 0 Å². The molecule has 0 aliphatic heterocycles. The summed E-state index contributed by atoms with van der Waals surface area (Å²) >= 11 is 0. The van der Waals surface area contributed by atoms with Gasteiger partial charge in [-0.3, -0.25) is 0 Å². The van der Waals surface area contributed by atoms with Gasteiger partial charge < -0.3 is 4.74 Å². The molecule has 3 heteroatoms. The van der Waals surface area contributed by atoms with Crippen molar-refractivity contribution in [1.82, 2.24) is 0 Å². The topological polar surface area (TPSA) is 33.0 Å². The van der Waals surface area contributed by atoms with Crippen LogP contribution in [0.5, 0.6) is 5.75 Å². The number of rotatable bonds is 3. The van der Waals surface area contributed by atoms with Crippen molar-refractivity contribution < 1.29 is 9.13 Å². The van der Waals surface area contributed by atoms with Crippen LogP contribution in [0.15, 0.2) is 42.5 Å². The molecule has 0 spiro atoms. The monoisotopic (exact) mass is 241 g/mol. The molecule has 0 saturated carbocycles. The molecule has 0 heterocycles. The highest BCUT2D eigenvalue weighted by Crippen LogP contribution is 2.20. The Morgan fingerprint density at radius 1 is 1.11 bits per heavy atom. The standard InChI is InChI=1S/C15H12FNO/c1-18-15-7-4-12(9-13(15)10-17)8-11-2-5-14(16)6-3-11/h2-7,9H,8H2,1H3. The van der Waals surface area contributed by atoms with E-state index in [0.29, 0.717) is 17.7 Å². The van der Waals surface area contributed by atoms with Crippen molar-refractivity contribution >= 4 is 0 Å². The summed E-state index contributed by atoms with van der Waals surface area (Å²) in [6.07, 6.45) is 0.666. The molecule has 2 aromatic carbocycles. The predicted octanol–water partition coefficient (Wildman–Crippen LogP) is 3.30. The first-order chi connectivity index (χ1) is 8.72. The highest BCUT2D eigenvalue weighted by molar-refractivity contribution is 5.46. The van der Waals surface area contributed by atoms with E-state index in [9.17, 15) is 4.39 Å². The fourth-order valence-electron chi connectivity index (χ4n) is 1.79. The average Bonchev–Trinajstić information content (AvgIpc) is 2.41. The summed E-state index contributed by atoms with van der Waals surface area (Å²) in [5, 5.41) is 9.00. The summed E-state index contributed by atoms with van der Waals surface area (Å²) in [6, 6.07) is 13.9. The van der Waals surface area contributed by atoms with Crippen LogP contribution in [-0.2, 0) is 6.42 Å². The van der Waals surface area contributed by atoms with E-state index in [-0.39, 0.29) is 5.82 Å². The van der Waals surface area contributed by atoms with E-state index in [4.69, 9.17) is 10.00 Å². The molecular weight excluding hydrogens is 229 g/mol. The van der Waals surface area contributed by atoms with Crippen LogP contribution in [0.25, 0.3) is 0 Å². The van der Waals surface area contributed by atoms with Crippen LogP contribution in [0, 0.1) is 17.1 Å². The van der Waals surface area contributed by atoms with Crippen LogP contribution in [0.3, 0.4) is 0 Å². The molecule has 0 aliphatic carbocycles. The summed E-state index contributed by atoms with van der Waals surface area (Å²) in [5.41, 5.74) is 2.52. The lowest BCUT2D eigenvalue weighted by atomic mass is 10.0. The Balaban J connectivity index is 2.25. The van der Waals surface area contributed by atoms with Crippen LogP contribution >= 0.6 is 0 Å². The zero-order chi connectivity index (χ0) is 13.0. The molecule has 2 nitrogen and oxygen atoms in total. The van der Waals surface area contributed by atoms with Crippen LogP contribution in [0.4, 0.5) is 4.39 Å². The number of methoxy groups -OCH3 is 1. The van der Waals surface area contributed by atoms with Gasteiger partial charge in [-0.15, -0.1) is 0 Å². The van der Waals surface area contributed by atoms with E-state index in [2.05, 4.69) is 6.07 Å². The first-order valence-electron chi connectivity index (χ1n) is 5.54. The molecule has 0 unspecified atom stereocenters. The maximum Gasteiger partial charge on any atom is 0.136 e. The summed E-state index contributed by atoms with van der Waals surface area (Å²) in [7, 11) is 1.54. The molecule has 0 radical (unpaired) electrons. The van der Waals surface area contributed by atoms with Gasteiger partial charge in [0, 0.05) is 0 Å². The Bertz CT molecular complexity index is 584. The normalized spacial score (nSPS) is 9.83. The quantitative estimate of drug-likeness (QED) is 0.826. The van der Waals surface area contributed by atoms with Crippen LogP contribution < -0.4 is 4.74 Å². The smallest absolute Gasteiger partial charge is 0.136 e. The molecule has 0 N–H and O–H groups in total. The summed E-state index contributed by atoms with van der Waals surface area (Å²) in [6.45, 7) is 0. The second kappa shape index (κ2) is 5.33. The van der Waals surface area contributed by atoms with Crippen molar-refractivity contribution in [1.29, 1.82) is 5.26 Å². The molecule has 0 fully saturated rings. The molecule has 0 aromatic heterocycles. The average molecular weight is 241 g/mol. The minimum absolute atomic E-state index is 0.244. The maximum absolute atomic E-state index is 12.8. The number of nitriles is 1. The molecule has 90 valence electrons. The van der Waals surface area contributed by atoms with Crippen LogP contribution in [0.1, 0.15) is 16.7 Å². The number of nitrogens with zero attached hydrogens (tertiary/aromatic N) is 1. The van der Waals surface area contributed by atoms with Gasteiger partial charge in [-0.25, -0.2) is 4.39 Å². The number of hydrogen-bond acceptors (Lipinski definition) is 2. The van der Waals surface area contributed by atoms with E-state index in [1.54, 1.807) is 24.3 Å². The van der Waals surface area contributed by atoms with E-state index in [1.165, 1.54) is 19.2 Å². The molecule has 2 aromatic rings. The van der Waals surface area contributed by atoms with Gasteiger partial charge in [-0.1, -0.05) is 18.2 Å². The van der Waals surface area contributed by atoms with Gasteiger partial charge in [0.1, 0.15) is 17.6 Å². The minimum atomic E-state index is -0.244. The van der Waals surface area contributed by atoms with Crippen LogP contribution in [0.2, 0.25) is 0 Å². The molecule has 0 bridgehead atoms. The highest BCUT2D eigenvalue weighted by atomic mass is 19.1. The van der Waals surface area contributed by atoms with E-state index in [1.807, 2.05) is 6.07 Å². The Morgan fingerprint density at radius 2 is 1.78 bits per heavy atom. The predicted molar refractivity (Wildman–Crippen MR) is 66.9 cm³/mol. The number of hydrogen-bond donors (Lipinski definition) is 0. The van der Waals surface area contributed by atoms with Crippen molar-refractivity contribution in [3.8, 4) is 11.8 Å². The second-order valence-electron chi connectivity index (χ2n) is 3.95. The number of ether oxygens (including phenoxy) is 1. The van der Waals surface area contributed by atoms with Gasteiger partial charge in [0.25, 0.3) is 0 Å². The zero-order valence-corrected chi connectivity index (χ0v) is 9.98. The van der Waals surface area contributed by atoms with Crippen molar-refractivity contribution in [2.75, 3.05) is 7.11 Å². The third kappa shape index (κ3) is 2.67. The summed E-state index contributed by atoms with van der Waals surface area (Å²) in [4.78, 5) is 0. The van der Waals surface area contributed by atoms with E-state index >= 15 is 0 Å². The third-order valence-corrected chi connectivity index (χ3v) is 2.71. The fourth-order valence-corrected chi connectivity index (χ4v) is 1.79. The Labute approximate surface area is 105 Å². The third-order valence-electron chi connectivity index (χ3n) is 2.71. The fraction of sp³-hybridized carbons (Fsp3) is 0.133.